The average Bonchev–Trinajstić information content (AvgIpc) is 2.66. The number of nitrogens with zero attached hydrogens (tertiary/aromatic N) is 2. The lowest BCUT2D eigenvalue weighted by Crippen LogP contribution is -2.42. The lowest BCUT2D eigenvalue weighted by atomic mass is 9.92. The van der Waals surface area contributed by atoms with Crippen molar-refractivity contribution in [3.8, 4) is 0 Å². The van der Waals surface area contributed by atoms with Gasteiger partial charge in [0, 0.05) is 34.7 Å². The largest absolute Gasteiger partial charge is 0.340 e. The van der Waals surface area contributed by atoms with Crippen LogP contribution in [0, 0.1) is 0 Å². The fraction of sp³-hybridized carbons (Fsp3) is 0.400. The van der Waals surface area contributed by atoms with Crippen LogP contribution >= 0.6 is 23.2 Å². The minimum Gasteiger partial charge on any atom is -0.340 e. The number of nitrogens with one attached hydrogen (secondary N) is 3. The molecular weight excluding hydrogens is 429 g/mol. The Bertz CT molecular complexity index is 1050. The lowest BCUT2D eigenvalue weighted by Gasteiger charge is -2.34. The molecular formula is C20H21Cl2N5O3. The number of halogens is 2. The van der Waals surface area contributed by atoms with Crippen LogP contribution in [-0.4, -0.2) is 34.4 Å². The van der Waals surface area contributed by atoms with Gasteiger partial charge in [0.1, 0.15) is 5.82 Å². The predicted octanol–water partition coefficient (Wildman–Crippen LogP) is 3.52. The fourth-order valence-electron chi connectivity index (χ4n) is 3.99. The number of aromatic nitrogens is 2. The van der Waals surface area contributed by atoms with Crippen molar-refractivity contribution in [2.24, 2.45) is 0 Å². The normalized spacial score (nSPS) is 21.0. The lowest BCUT2D eigenvalue weighted by molar-refractivity contribution is -0.123. The molecule has 0 saturated carbocycles. The molecule has 2 aliphatic rings. The van der Waals surface area contributed by atoms with E-state index in [9.17, 15) is 14.4 Å². The molecule has 2 atom stereocenters. The smallest absolute Gasteiger partial charge is 0.258 e. The van der Waals surface area contributed by atoms with E-state index in [1.807, 2.05) is 4.90 Å². The standard InChI is InChI=1S/C20H21Cl2N5O3/c1-10-4-2-3-5-27(10)20-25-17-16(19(30)26-20)14(9-15(28)24-17)18(29)23-13-7-11(21)6-12(22)8-13/h6-8,10,14H,2-5,9H2,1H3,(H,23,29)(H2,24,25,26,28,30)/t10-,14+/m1/s1. The van der Waals surface area contributed by atoms with Crippen molar-refractivity contribution >= 4 is 52.5 Å². The summed E-state index contributed by atoms with van der Waals surface area (Å²) >= 11 is 12.0. The summed E-state index contributed by atoms with van der Waals surface area (Å²) in [5, 5.41) is 6.05. The summed E-state index contributed by atoms with van der Waals surface area (Å²) < 4.78 is 0. The number of carbonyl (C=O) groups is 2. The van der Waals surface area contributed by atoms with E-state index >= 15 is 0 Å². The summed E-state index contributed by atoms with van der Waals surface area (Å²) in [6, 6.07) is 4.85. The first-order valence-electron chi connectivity index (χ1n) is 9.79. The third-order valence-electron chi connectivity index (χ3n) is 5.46. The fourth-order valence-corrected chi connectivity index (χ4v) is 4.51. The van der Waals surface area contributed by atoms with E-state index in [1.54, 1.807) is 18.2 Å². The Morgan fingerprint density at radius 1 is 1.20 bits per heavy atom. The van der Waals surface area contributed by atoms with Crippen LogP contribution in [0.2, 0.25) is 10.0 Å². The number of hydrogen-bond donors (Lipinski definition) is 3. The molecule has 1 saturated heterocycles. The summed E-state index contributed by atoms with van der Waals surface area (Å²) in [4.78, 5) is 47.4. The van der Waals surface area contributed by atoms with Gasteiger partial charge in [0.05, 0.1) is 11.5 Å². The van der Waals surface area contributed by atoms with Crippen LogP contribution in [0.3, 0.4) is 0 Å². The van der Waals surface area contributed by atoms with Crippen LogP contribution < -0.4 is 21.1 Å². The second-order valence-corrected chi connectivity index (χ2v) is 8.52. The highest BCUT2D eigenvalue weighted by molar-refractivity contribution is 6.35. The maximum absolute atomic E-state index is 12.9. The zero-order valence-electron chi connectivity index (χ0n) is 16.3. The molecule has 10 heteroatoms. The first-order valence-corrected chi connectivity index (χ1v) is 10.5. The van der Waals surface area contributed by atoms with Crippen LogP contribution in [0.4, 0.5) is 17.5 Å². The highest BCUT2D eigenvalue weighted by atomic mass is 35.5. The molecule has 0 aliphatic carbocycles. The molecule has 1 aromatic heterocycles. The van der Waals surface area contributed by atoms with Crippen molar-refractivity contribution < 1.29 is 9.59 Å². The van der Waals surface area contributed by atoms with Gasteiger partial charge in [-0.15, -0.1) is 0 Å². The molecule has 0 spiro atoms. The monoisotopic (exact) mass is 449 g/mol. The Hall–Kier alpha value is -2.58. The van der Waals surface area contributed by atoms with Crippen LogP contribution in [-0.2, 0) is 9.59 Å². The highest BCUT2D eigenvalue weighted by Gasteiger charge is 2.35. The highest BCUT2D eigenvalue weighted by Crippen LogP contribution is 2.32. The average molecular weight is 450 g/mol. The quantitative estimate of drug-likeness (QED) is 0.664. The first kappa shape index (κ1) is 20.7. The number of piperidine rings is 1. The number of fused-ring (bicyclic) bond motifs is 1. The van der Waals surface area contributed by atoms with E-state index in [4.69, 9.17) is 23.2 Å². The summed E-state index contributed by atoms with van der Waals surface area (Å²) in [7, 11) is 0. The molecule has 1 aromatic carbocycles. The molecule has 0 radical (unpaired) electrons. The molecule has 0 bridgehead atoms. The Morgan fingerprint density at radius 3 is 2.63 bits per heavy atom. The van der Waals surface area contributed by atoms with E-state index in [0.29, 0.717) is 21.7 Å². The molecule has 2 aliphatic heterocycles. The van der Waals surface area contributed by atoms with E-state index < -0.39 is 17.4 Å². The number of anilines is 3. The minimum absolute atomic E-state index is 0.132. The number of carbonyl (C=O) groups excluding carboxylic acids is 2. The third kappa shape index (κ3) is 4.15. The van der Waals surface area contributed by atoms with Gasteiger partial charge in [-0.2, -0.15) is 4.98 Å². The number of hydrogen-bond acceptors (Lipinski definition) is 5. The Labute approximate surface area is 183 Å². The topological polar surface area (TPSA) is 107 Å². The first-order chi connectivity index (χ1) is 14.3. The minimum atomic E-state index is -0.976. The van der Waals surface area contributed by atoms with E-state index in [0.717, 1.165) is 25.8 Å². The van der Waals surface area contributed by atoms with Crippen molar-refractivity contribution in [2.45, 2.75) is 44.6 Å². The van der Waals surface area contributed by atoms with Crippen molar-refractivity contribution in [3.63, 3.8) is 0 Å². The molecule has 30 heavy (non-hydrogen) atoms. The van der Waals surface area contributed by atoms with Crippen LogP contribution in [0.1, 0.15) is 44.1 Å². The predicted molar refractivity (Wildman–Crippen MR) is 117 cm³/mol. The summed E-state index contributed by atoms with van der Waals surface area (Å²) in [6.07, 6.45) is 2.97. The van der Waals surface area contributed by atoms with Gasteiger partial charge in [0.15, 0.2) is 0 Å². The maximum Gasteiger partial charge on any atom is 0.258 e. The number of benzene rings is 1. The summed E-state index contributed by atoms with van der Waals surface area (Å²) in [5.74, 6) is -1.31. The van der Waals surface area contributed by atoms with Gasteiger partial charge in [0.25, 0.3) is 5.56 Å². The Balaban J connectivity index is 1.66. The van der Waals surface area contributed by atoms with Crippen molar-refractivity contribution in [1.82, 2.24) is 9.97 Å². The van der Waals surface area contributed by atoms with Gasteiger partial charge in [-0.25, -0.2) is 0 Å². The molecule has 0 unspecified atom stereocenters. The SMILES string of the molecule is C[C@@H]1CCCCN1c1nc2c(c(=O)[nH]1)[C@@H](C(=O)Nc1cc(Cl)cc(Cl)c1)CC(=O)N2. The van der Waals surface area contributed by atoms with Gasteiger partial charge >= 0.3 is 0 Å². The Morgan fingerprint density at radius 2 is 1.93 bits per heavy atom. The molecule has 3 N–H and O–H groups in total. The summed E-state index contributed by atoms with van der Waals surface area (Å²) in [6.45, 7) is 2.85. The zero-order chi connectivity index (χ0) is 21.4. The van der Waals surface area contributed by atoms with E-state index in [2.05, 4.69) is 27.5 Å². The zero-order valence-corrected chi connectivity index (χ0v) is 17.8. The van der Waals surface area contributed by atoms with Crippen molar-refractivity contribution in [1.29, 1.82) is 0 Å². The van der Waals surface area contributed by atoms with Crippen LogP contribution in [0.15, 0.2) is 23.0 Å². The molecule has 2 aromatic rings. The van der Waals surface area contributed by atoms with Crippen molar-refractivity contribution in [2.75, 3.05) is 22.1 Å². The van der Waals surface area contributed by atoms with Gasteiger partial charge in [-0.1, -0.05) is 23.2 Å². The van der Waals surface area contributed by atoms with E-state index in [1.165, 1.54) is 0 Å². The van der Waals surface area contributed by atoms with Crippen molar-refractivity contribution in [3.05, 3.63) is 44.2 Å². The molecule has 4 rings (SSSR count). The molecule has 1 fully saturated rings. The molecule has 8 nitrogen and oxygen atoms in total. The van der Waals surface area contributed by atoms with Gasteiger partial charge in [0.2, 0.25) is 17.8 Å². The van der Waals surface area contributed by atoms with Gasteiger partial charge < -0.3 is 15.5 Å². The maximum atomic E-state index is 12.9. The molecule has 3 heterocycles. The Kier molecular flexibility index (Phi) is 5.71. The number of aromatic amines is 1. The third-order valence-corrected chi connectivity index (χ3v) is 5.90. The summed E-state index contributed by atoms with van der Waals surface area (Å²) in [5.41, 5.74) is 0.0962. The van der Waals surface area contributed by atoms with E-state index in [-0.39, 0.29) is 29.8 Å². The number of H-pyrrole nitrogens is 1. The number of amides is 2. The van der Waals surface area contributed by atoms with Crippen LogP contribution in [0.5, 0.6) is 0 Å². The second-order valence-electron chi connectivity index (χ2n) is 7.64. The number of rotatable bonds is 3. The molecule has 2 amide bonds. The van der Waals surface area contributed by atoms with Gasteiger partial charge in [-0.3, -0.25) is 19.4 Å². The van der Waals surface area contributed by atoms with Gasteiger partial charge in [-0.05, 0) is 44.4 Å². The second kappa shape index (κ2) is 8.28. The molecule has 158 valence electrons. The van der Waals surface area contributed by atoms with Crippen LogP contribution in [0.25, 0.3) is 0 Å².